The van der Waals surface area contributed by atoms with Crippen LogP contribution < -0.4 is 5.32 Å². The normalized spacial score (nSPS) is 20.2. The molecule has 1 aromatic carbocycles. The molecule has 6 heteroatoms. The standard InChI is InChI=1S/C19H23N3O3/c23-18(21-16-8-6-15(7-9-16)19(24)25)10-17-11-20-13-22(17)12-14-4-2-1-3-5-14/h1-5,11,13,15-16H,6-10,12H2,(H,21,23)(H,24,25). The molecule has 0 radical (unpaired) electrons. The zero-order chi connectivity index (χ0) is 17.6. The van der Waals surface area contributed by atoms with Gasteiger partial charge in [-0.3, -0.25) is 9.59 Å². The van der Waals surface area contributed by atoms with E-state index in [1.807, 2.05) is 34.9 Å². The monoisotopic (exact) mass is 341 g/mol. The molecule has 25 heavy (non-hydrogen) atoms. The fourth-order valence-corrected chi connectivity index (χ4v) is 3.35. The predicted molar refractivity (Wildman–Crippen MR) is 93.0 cm³/mol. The van der Waals surface area contributed by atoms with Gasteiger partial charge in [-0.25, -0.2) is 4.98 Å². The van der Waals surface area contributed by atoms with Crippen LogP contribution in [0.15, 0.2) is 42.9 Å². The molecule has 0 spiro atoms. The number of aromatic nitrogens is 2. The van der Waals surface area contributed by atoms with E-state index in [0.717, 1.165) is 24.1 Å². The van der Waals surface area contributed by atoms with Crippen LogP contribution in [0.2, 0.25) is 0 Å². The van der Waals surface area contributed by atoms with Gasteiger partial charge in [0.2, 0.25) is 5.91 Å². The Kier molecular flexibility index (Phi) is 5.48. The molecule has 0 atom stereocenters. The Morgan fingerprint density at radius 3 is 2.56 bits per heavy atom. The molecule has 1 amide bonds. The summed E-state index contributed by atoms with van der Waals surface area (Å²) in [6, 6.07) is 10.1. The molecule has 1 saturated carbocycles. The Morgan fingerprint density at radius 1 is 1.16 bits per heavy atom. The molecule has 132 valence electrons. The number of rotatable bonds is 6. The van der Waals surface area contributed by atoms with E-state index in [-0.39, 0.29) is 24.3 Å². The first-order chi connectivity index (χ1) is 12.1. The van der Waals surface area contributed by atoms with Crippen molar-refractivity contribution in [2.45, 2.75) is 44.7 Å². The Hall–Kier alpha value is -2.63. The quantitative estimate of drug-likeness (QED) is 0.844. The van der Waals surface area contributed by atoms with Gasteiger partial charge in [-0.1, -0.05) is 30.3 Å². The minimum atomic E-state index is -0.727. The number of carboxylic acid groups (broad SMARTS) is 1. The fraction of sp³-hybridized carbons (Fsp3) is 0.421. The van der Waals surface area contributed by atoms with E-state index in [1.165, 1.54) is 0 Å². The van der Waals surface area contributed by atoms with E-state index in [2.05, 4.69) is 10.3 Å². The molecular weight excluding hydrogens is 318 g/mol. The van der Waals surface area contributed by atoms with Gasteiger partial charge in [0.25, 0.3) is 0 Å². The molecular formula is C19H23N3O3. The Bertz CT molecular complexity index is 719. The molecule has 2 aromatic rings. The van der Waals surface area contributed by atoms with Crippen LogP contribution >= 0.6 is 0 Å². The number of hydrogen-bond donors (Lipinski definition) is 2. The van der Waals surface area contributed by atoms with Crippen LogP contribution in [0.3, 0.4) is 0 Å². The van der Waals surface area contributed by atoms with Gasteiger partial charge >= 0.3 is 5.97 Å². The summed E-state index contributed by atoms with van der Waals surface area (Å²) in [5, 5.41) is 12.1. The minimum absolute atomic E-state index is 0.0337. The van der Waals surface area contributed by atoms with Crippen LogP contribution in [0.5, 0.6) is 0 Å². The number of aliphatic carboxylic acids is 1. The topological polar surface area (TPSA) is 84.2 Å². The highest BCUT2D eigenvalue weighted by atomic mass is 16.4. The lowest BCUT2D eigenvalue weighted by Crippen LogP contribution is -2.39. The number of nitrogens with zero attached hydrogens (tertiary/aromatic N) is 2. The van der Waals surface area contributed by atoms with Gasteiger partial charge in [-0.2, -0.15) is 0 Å². The number of carboxylic acids is 1. The van der Waals surface area contributed by atoms with E-state index in [0.29, 0.717) is 19.4 Å². The third-order valence-electron chi connectivity index (χ3n) is 4.78. The van der Waals surface area contributed by atoms with E-state index in [1.54, 1.807) is 12.5 Å². The number of amides is 1. The summed E-state index contributed by atoms with van der Waals surface area (Å²) in [4.78, 5) is 27.5. The van der Waals surface area contributed by atoms with Crippen molar-refractivity contribution in [2.75, 3.05) is 0 Å². The van der Waals surface area contributed by atoms with Crippen molar-refractivity contribution in [1.82, 2.24) is 14.9 Å². The molecule has 0 bridgehead atoms. The number of carbonyl (C=O) groups is 2. The first-order valence-electron chi connectivity index (χ1n) is 8.67. The van der Waals surface area contributed by atoms with Gasteiger partial charge in [0, 0.05) is 24.5 Å². The molecule has 1 heterocycles. The van der Waals surface area contributed by atoms with Gasteiger partial charge in [0.05, 0.1) is 18.7 Å². The van der Waals surface area contributed by atoms with Gasteiger partial charge < -0.3 is 15.0 Å². The number of hydrogen-bond acceptors (Lipinski definition) is 3. The summed E-state index contributed by atoms with van der Waals surface area (Å²) in [7, 11) is 0. The van der Waals surface area contributed by atoms with Crippen molar-refractivity contribution < 1.29 is 14.7 Å². The van der Waals surface area contributed by atoms with Crippen molar-refractivity contribution >= 4 is 11.9 Å². The molecule has 1 aromatic heterocycles. The molecule has 1 aliphatic rings. The summed E-state index contributed by atoms with van der Waals surface area (Å²) in [6.45, 7) is 0.688. The van der Waals surface area contributed by atoms with Crippen molar-refractivity contribution in [3.8, 4) is 0 Å². The second kappa shape index (κ2) is 7.96. The largest absolute Gasteiger partial charge is 0.481 e. The first-order valence-corrected chi connectivity index (χ1v) is 8.67. The maximum absolute atomic E-state index is 12.3. The van der Waals surface area contributed by atoms with E-state index >= 15 is 0 Å². The minimum Gasteiger partial charge on any atom is -0.481 e. The van der Waals surface area contributed by atoms with Crippen LogP contribution in [0.1, 0.15) is 36.9 Å². The molecule has 2 N–H and O–H groups in total. The summed E-state index contributed by atoms with van der Waals surface area (Å²) < 4.78 is 1.98. The van der Waals surface area contributed by atoms with Gasteiger partial charge in [-0.15, -0.1) is 0 Å². The lowest BCUT2D eigenvalue weighted by atomic mass is 9.86. The average Bonchev–Trinajstić information content (AvgIpc) is 3.03. The van der Waals surface area contributed by atoms with E-state index in [9.17, 15) is 9.59 Å². The van der Waals surface area contributed by atoms with Crippen molar-refractivity contribution in [1.29, 1.82) is 0 Å². The lowest BCUT2D eigenvalue weighted by Gasteiger charge is -2.26. The summed E-state index contributed by atoms with van der Waals surface area (Å²) in [5.41, 5.74) is 2.04. The highest BCUT2D eigenvalue weighted by Crippen LogP contribution is 2.24. The van der Waals surface area contributed by atoms with Crippen LogP contribution in [-0.2, 0) is 22.6 Å². The van der Waals surface area contributed by atoms with Crippen LogP contribution in [0, 0.1) is 5.92 Å². The third-order valence-corrected chi connectivity index (χ3v) is 4.78. The van der Waals surface area contributed by atoms with Gasteiger partial charge in [-0.05, 0) is 31.2 Å². The molecule has 3 rings (SSSR count). The number of nitrogens with one attached hydrogen (secondary N) is 1. The number of carbonyl (C=O) groups excluding carboxylic acids is 1. The van der Waals surface area contributed by atoms with Gasteiger partial charge in [0.1, 0.15) is 0 Å². The Morgan fingerprint density at radius 2 is 1.88 bits per heavy atom. The smallest absolute Gasteiger partial charge is 0.306 e. The average molecular weight is 341 g/mol. The third kappa shape index (κ3) is 4.68. The molecule has 6 nitrogen and oxygen atoms in total. The van der Waals surface area contributed by atoms with Crippen LogP contribution in [-0.4, -0.2) is 32.6 Å². The molecule has 1 aliphatic carbocycles. The van der Waals surface area contributed by atoms with Crippen molar-refractivity contribution in [2.24, 2.45) is 5.92 Å². The second-order valence-corrected chi connectivity index (χ2v) is 6.63. The Balaban J connectivity index is 1.52. The van der Waals surface area contributed by atoms with Gasteiger partial charge in [0.15, 0.2) is 0 Å². The van der Waals surface area contributed by atoms with Crippen LogP contribution in [0.4, 0.5) is 0 Å². The molecule has 0 unspecified atom stereocenters. The fourth-order valence-electron chi connectivity index (χ4n) is 3.35. The molecule has 0 aliphatic heterocycles. The molecule has 1 fully saturated rings. The van der Waals surface area contributed by atoms with E-state index in [4.69, 9.17) is 5.11 Å². The Labute approximate surface area is 146 Å². The highest BCUT2D eigenvalue weighted by Gasteiger charge is 2.26. The summed E-state index contributed by atoms with van der Waals surface area (Å²) in [6.07, 6.45) is 6.47. The maximum atomic E-state index is 12.3. The van der Waals surface area contributed by atoms with Crippen molar-refractivity contribution in [3.63, 3.8) is 0 Å². The SMILES string of the molecule is O=C(Cc1cncn1Cc1ccccc1)NC1CCC(C(=O)O)CC1. The summed E-state index contributed by atoms with van der Waals surface area (Å²) in [5.74, 6) is -1.02. The van der Waals surface area contributed by atoms with E-state index < -0.39 is 5.97 Å². The number of benzene rings is 1. The highest BCUT2D eigenvalue weighted by molar-refractivity contribution is 5.78. The predicted octanol–water partition coefficient (Wildman–Crippen LogP) is 2.23. The van der Waals surface area contributed by atoms with Crippen molar-refractivity contribution in [3.05, 3.63) is 54.1 Å². The number of imidazole rings is 1. The lowest BCUT2D eigenvalue weighted by molar-refractivity contribution is -0.142. The summed E-state index contributed by atoms with van der Waals surface area (Å²) >= 11 is 0. The zero-order valence-electron chi connectivity index (χ0n) is 14.1. The zero-order valence-corrected chi connectivity index (χ0v) is 14.1. The maximum Gasteiger partial charge on any atom is 0.306 e. The van der Waals surface area contributed by atoms with Crippen LogP contribution in [0.25, 0.3) is 0 Å². The second-order valence-electron chi connectivity index (χ2n) is 6.63. The first kappa shape index (κ1) is 17.2. The molecule has 0 saturated heterocycles.